The van der Waals surface area contributed by atoms with Crippen LogP contribution < -0.4 is 10.6 Å². The number of nitrogens with one attached hydrogen (secondary N) is 2. The molecule has 6 nitrogen and oxygen atoms in total. The molecule has 1 amide bonds. The Morgan fingerprint density at radius 1 is 1.39 bits per heavy atom. The van der Waals surface area contributed by atoms with Crippen molar-refractivity contribution in [2.75, 3.05) is 26.1 Å². The quantitative estimate of drug-likeness (QED) is 0.787. The molecule has 0 radical (unpaired) electrons. The highest BCUT2D eigenvalue weighted by Gasteiger charge is 2.17. The number of nitrogens with zero attached hydrogens (tertiary/aromatic N) is 2. The molecule has 0 spiro atoms. The molecule has 1 aromatic heterocycles. The molecule has 0 saturated heterocycles. The van der Waals surface area contributed by atoms with Crippen LogP contribution in [-0.4, -0.2) is 42.7 Å². The molecule has 1 rings (SSSR count). The Labute approximate surface area is 107 Å². The number of carbonyl (C=O) groups is 1. The molecule has 0 fully saturated rings. The maximum Gasteiger partial charge on any atom is 0.271 e. The molecule has 18 heavy (non-hydrogen) atoms. The monoisotopic (exact) mass is 252 g/mol. The summed E-state index contributed by atoms with van der Waals surface area (Å²) in [5, 5.41) is 5.73. The second kappa shape index (κ2) is 6.90. The summed E-state index contributed by atoms with van der Waals surface area (Å²) in [6.07, 6.45) is 2.97. The third-order valence-electron chi connectivity index (χ3n) is 2.61. The summed E-state index contributed by atoms with van der Waals surface area (Å²) in [6, 6.07) is -0.0340. The molecule has 0 aliphatic carbocycles. The number of anilines is 1. The number of rotatable bonds is 6. The Balaban J connectivity index is 2.67. The van der Waals surface area contributed by atoms with Gasteiger partial charge in [0.1, 0.15) is 11.5 Å². The second-order valence-corrected chi connectivity index (χ2v) is 4.32. The van der Waals surface area contributed by atoms with Gasteiger partial charge in [0.25, 0.3) is 5.91 Å². The number of hydrogen-bond donors (Lipinski definition) is 2. The first-order chi connectivity index (χ1) is 8.58. The van der Waals surface area contributed by atoms with Crippen molar-refractivity contribution < 1.29 is 9.53 Å². The van der Waals surface area contributed by atoms with Crippen molar-refractivity contribution in [2.45, 2.75) is 19.9 Å². The van der Waals surface area contributed by atoms with Crippen LogP contribution in [0, 0.1) is 5.92 Å². The summed E-state index contributed by atoms with van der Waals surface area (Å²) in [6.45, 7) is 4.53. The smallest absolute Gasteiger partial charge is 0.271 e. The van der Waals surface area contributed by atoms with Crippen LogP contribution in [0.2, 0.25) is 0 Å². The van der Waals surface area contributed by atoms with Gasteiger partial charge < -0.3 is 15.4 Å². The molecular weight excluding hydrogens is 232 g/mol. The summed E-state index contributed by atoms with van der Waals surface area (Å²) < 4.78 is 5.08. The molecule has 2 N–H and O–H groups in total. The summed E-state index contributed by atoms with van der Waals surface area (Å²) >= 11 is 0. The van der Waals surface area contributed by atoms with Gasteiger partial charge in [-0.05, 0) is 5.92 Å². The highest BCUT2D eigenvalue weighted by Crippen LogP contribution is 2.04. The molecule has 1 heterocycles. The molecule has 1 atom stereocenters. The predicted octanol–water partition coefficient (Wildman–Crippen LogP) is 0.919. The van der Waals surface area contributed by atoms with Crippen LogP contribution in [0.15, 0.2) is 12.4 Å². The fourth-order valence-electron chi connectivity index (χ4n) is 1.40. The maximum absolute atomic E-state index is 11.9. The fourth-order valence-corrected chi connectivity index (χ4v) is 1.40. The zero-order chi connectivity index (χ0) is 13.5. The van der Waals surface area contributed by atoms with E-state index in [-0.39, 0.29) is 11.9 Å². The van der Waals surface area contributed by atoms with E-state index in [2.05, 4.69) is 20.6 Å². The summed E-state index contributed by atoms with van der Waals surface area (Å²) in [7, 11) is 3.36. The van der Waals surface area contributed by atoms with E-state index < -0.39 is 0 Å². The molecule has 0 aromatic carbocycles. The Hall–Kier alpha value is -1.69. The Morgan fingerprint density at radius 3 is 2.56 bits per heavy atom. The van der Waals surface area contributed by atoms with Crippen LogP contribution in [0.5, 0.6) is 0 Å². The van der Waals surface area contributed by atoms with Crippen LogP contribution in [-0.2, 0) is 4.74 Å². The van der Waals surface area contributed by atoms with E-state index in [1.165, 1.54) is 12.4 Å². The third-order valence-corrected chi connectivity index (χ3v) is 2.61. The van der Waals surface area contributed by atoms with Crippen LogP contribution in [0.1, 0.15) is 24.3 Å². The minimum atomic E-state index is -0.235. The van der Waals surface area contributed by atoms with E-state index in [1.54, 1.807) is 14.2 Å². The van der Waals surface area contributed by atoms with Gasteiger partial charge in [-0.3, -0.25) is 4.79 Å². The first-order valence-electron chi connectivity index (χ1n) is 5.88. The first-order valence-corrected chi connectivity index (χ1v) is 5.88. The van der Waals surface area contributed by atoms with Gasteiger partial charge in [-0.15, -0.1) is 0 Å². The lowest BCUT2D eigenvalue weighted by molar-refractivity contribution is 0.0861. The van der Waals surface area contributed by atoms with E-state index in [0.717, 1.165) is 0 Å². The Morgan fingerprint density at radius 2 is 2.11 bits per heavy atom. The molecule has 0 aliphatic rings. The average Bonchev–Trinajstić information content (AvgIpc) is 2.38. The normalized spacial score (nSPS) is 12.3. The zero-order valence-electron chi connectivity index (χ0n) is 11.2. The number of carbonyl (C=O) groups excluding carboxylic acids is 1. The van der Waals surface area contributed by atoms with Crippen molar-refractivity contribution in [2.24, 2.45) is 5.92 Å². The van der Waals surface area contributed by atoms with Crippen LogP contribution >= 0.6 is 0 Å². The lowest BCUT2D eigenvalue weighted by atomic mass is 10.1. The van der Waals surface area contributed by atoms with Crippen LogP contribution in [0.25, 0.3) is 0 Å². The highest BCUT2D eigenvalue weighted by molar-refractivity contribution is 5.92. The Bertz CT molecular complexity index is 378. The van der Waals surface area contributed by atoms with Crippen molar-refractivity contribution >= 4 is 11.7 Å². The number of methoxy groups -OCH3 is 1. The molecule has 100 valence electrons. The Kier molecular flexibility index (Phi) is 5.51. The minimum Gasteiger partial charge on any atom is -0.383 e. The first kappa shape index (κ1) is 14.4. The lowest BCUT2D eigenvalue weighted by Crippen LogP contribution is -2.42. The molecule has 1 aromatic rings. The van der Waals surface area contributed by atoms with E-state index in [1.807, 2.05) is 13.8 Å². The van der Waals surface area contributed by atoms with E-state index >= 15 is 0 Å². The van der Waals surface area contributed by atoms with Crippen molar-refractivity contribution in [1.29, 1.82) is 0 Å². The largest absolute Gasteiger partial charge is 0.383 e. The SMILES string of the molecule is CNc1cnc(C(=O)NC(COC)C(C)C)cn1. The molecular formula is C12H20N4O2. The topological polar surface area (TPSA) is 76.1 Å². The van der Waals surface area contributed by atoms with Gasteiger partial charge in [0.15, 0.2) is 0 Å². The highest BCUT2D eigenvalue weighted by atomic mass is 16.5. The fraction of sp³-hybridized carbons (Fsp3) is 0.583. The number of ether oxygens (including phenoxy) is 1. The zero-order valence-corrected chi connectivity index (χ0v) is 11.2. The van der Waals surface area contributed by atoms with Gasteiger partial charge in [0.05, 0.1) is 25.0 Å². The molecule has 0 aliphatic heterocycles. The van der Waals surface area contributed by atoms with Crippen molar-refractivity contribution in [3.8, 4) is 0 Å². The van der Waals surface area contributed by atoms with Gasteiger partial charge in [-0.1, -0.05) is 13.8 Å². The van der Waals surface area contributed by atoms with Gasteiger partial charge in [0, 0.05) is 14.2 Å². The van der Waals surface area contributed by atoms with E-state index in [9.17, 15) is 4.79 Å². The number of hydrogen-bond acceptors (Lipinski definition) is 5. The summed E-state index contributed by atoms with van der Waals surface area (Å²) in [4.78, 5) is 20.0. The molecule has 1 unspecified atom stereocenters. The van der Waals surface area contributed by atoms with Gasteiger partial charge >= 0.3 is 0 Å². The number of aromatic nitrogens is 2. The maximum atomic E-state index is 11.9. The predicted molar refractivity (Wildman–Crippen MR) is 69.5 cm³/mol. The lowest BCUT2D eigenvalue weighted by Gasteiger charge is -2.21. The molecule has 0 saturated carbocycles. The van der Waals surface area contributed by atoms with Crippen molar-refractivity contribution in [3.05, 3.63) is 18.1 Å². The van der Waals surface area contributed by atoms with E-state index in [4.69, 9.17) is 4.74 Å². The molecule has 0 bridgehead atoms. The number of amides is 1. The second-order valence-electron chi connectivity index (χ2n) is 4.32. The van der Waals surface area contributed by atoms with Gasteiger partial charge in [0.2, 0.25) is 0 Å². The van der Waals surface area contributed by atoms with Gasteiger partial charge in [-0.25, -0.2) is 9.97 Å². The minimum absolute atomic E-state index is 0.0340. The summed E-state index contributed by atoms with van der Waals surface area (Å²) in [5.74, 6) is 0.684. The van der Waals surface area contributed by atoms with Crippen molar-refractivity contribution in [3.63, 3.8) is 0 Å². The summed E-state index contributed by atoms with van der Waals surface area (Å²) in [5.41, 5.74) is 0.302. The van der Waals surface area contributed by atoms with E-state index in [0.29, 0.717) is 24.0 Å². The third kappa shape index (κ3) is 3.96. The van der Waals surface area contributed by atoms with Gasteiger partial charge in [-0.2, -0.15) is 0 Å². The molecule has 6 heteroatoms. The standard InChI is InChI=1S/C12H20N4O2/c1-8(2)10(7-18-4)16-12(17)9-5-15-11(13-3)6-14-9/h5-6,8,10H,7H2,1-4H3,(H,13,15)(H,16,17). The van der Waals surface area contributed by atoms with Crippen molar-refractivity contribution in [1.82, 2.24) is 15.3 Å². The van der Waals surface area contributed by atoms with Crippen LogP contribution in [0.4, 0.5) is 5.82 Å². The van der Waals surface area contributed by atoms with Crippen LogP contribution in [0.3, 0.4) is 0 Å². The average molecular weight is 252 g/mol.